The number of anilines is 2. The molecule has 3 heterocycles. The molecule has 2 unspecified atom stereocenters. The minimum absolute atomic E-state index is 0.0429. The number of nitrogens with one attached hydrogen (secondary N) is 3. The van der Waals surface area contributed by atoms with Gasteiger partial charge >= 0.3 is 6.03 Å². The zero-order valence-electron chi connectivity index (χ0n) is 20.1. The van der Waals surface area contributed by atoms with Crippen LogP contribution in [0.15, 0.2) is 41.8 Å². The molecule has 0 bridgehead atoms. The van der Waals surface area contributed by atoms with Gasteiger partial charge in [0.15, 0.2) is 29.3 Å². The maximum Gasteiger partial charge on any atom is 0.324 e. The van der Waals surface area contributed by atoms with E-state index in [9.17, 15) is 28.2 Å². The molecule has 1 aliphatic heterocycles. The minimum Gasteiger partial charge on any atom is -0.387 e. The Morgan fingerprint density at radius 1 is 1.08 bits per heavy atom. The van der Waals surface area contributed by atoms with Crippen molar-refractivity contribution in [2.45, 2.75) is 36.4 Å². The molecule has 4 atom stereocenters. The molecule has 0 radical (unpaired) electrons. The third-order valence-corrected chi connectivity index (χ3v) is 7.43. The molecular weight excluding hydrogens is 508 g/mol. The predicted octanol–water partition coefficient (Wildman–Crippen LogP) is -0.524. The van der Waals surface area contributed by atoms with Crippen LogP contribution in [0.1, 0.15) is 13.2 Å². The molecule has 5 N–H and O–H groups in total. The number of urea groups is 1. The first-order valence-electron chi connectivity index (χ1n) is 11.1. The van der Waals surface area contributed by atoms with Gasteiger partial charge in [-0.2, -0.15) is 0 Å². The second kappa shape index (κ2) is 10.3. The van der Waals surface area contributed by atoms with Gasteiger partial charge in [-0.15, -0.1) is 0 Å². The number of carbonyl (C=O) groups is 2. The molecule has 4 rings (SSSR count). The molecule has 0 saturated carbocycles. The van der Waals surface area contributed by atoms with E-state index in [0.717, 1.165) is 10.6 Å². The number of rotatable bonds is 7. The van der Waals surface area contributed by atoms with Crippen molar-refractivity contribution in [2.24, 2.45) is 0 Å². The summed E-state index contributed by atoms with van der Waals surface area (Å²) in [6.45, 7) is 2.03. The van der Waals surface area contributed by atoms with Crippen LogP contribution in [0.3, 0.4) is 0 Å². The molecule has 3 amide bonds. The molecule has 0 aliphatic carbocycles. The summed E-state index contributed by atoms with van der Waals surface area (Å²) in [6, 6.07) is 4.93. The Labute approximate surface area is 211 Å². The van der Waals surface area contributed by atoms with Crippen molar-refractivity contribution in [3.8, 4) is 0 Å². The number of sulfonamides is 1. The lowest BCUT2D eigenvalue weighted by atomic mass is 10.1. The van der Waals surface area contributed by atoms with E-state index < -0.39 is 46.5 Å². The summed E-state index contributed by atoms with van der Waals surface area (Å²) in [5.74, 6) is -0.525. The number of aromatic nitrogens is 4. The van der Waals surface area contributed by atoms with Crippen LogP contribution in [0.4, 0.5) is 16.3 Å². The molecule has 16 heteroatoms. The van der Waals surface area contributed by atoms with E-state index in [1.807, 2.05) is 0 Å². The molecule has 1 fully saturated rings. The minimum atomic E-state index is -3.61. The highest BCUT2D eigenvalue weighted by Gasteiger charge is 2.47. The predicted molar refractivity (Wildman–Crippen MR) is 130 cm³/mol. The fraction of sp³-hybridized carbons (Fsp3) is 0.381. The highest BCUT2D eigenvalue weighted by atomic mass is 32.2. The van der Waals surface area contributed by atoms with Crippen molar-refractivity contribution in [3.63, 3.8) is 0 Å². The van der Waals surface area contributed by atoms with E-state index >= 15 is 0 Å². The molecule has 2 aromatic heterocycles. The van der Waals surface area contributed by atoms with E-state index in [0.29, 0.717) is 12.2 Å². The first-order chi connectivity index (χ1) is 17.5. The van der Waals surface area contributed by atoms with Crippen LogP contribution in [0.2, 0.25) is 0 Å². The Morgan fingerprint density at radius 3 is 2.43 bits per heavy atom. The Bertz CT molecular complexity index is 1410. The van der Waals surface area contributed by atoms with Gasteiger partial charge in [-0.3, -0.25) is 14.7 Å². The van der Waals surface area contributed by atoms with Gasteiger partial charge in [-0.25, -0.2) is 32.5 Å². The summed E-state index contributed by atoms with van der Waals surface area (Å²) in [4.78, 5) is 37.2. The molecule has 1 aliphatic rings. The normalized spacial score (nSPS) is 21.8. The van der Waals surface area contributed by atoms with E-state index in [2.05, 4.69) is 30.9 Å². The van der Waals surface area contributed by atoms with Gasteiger partial charge in [0.25, 0.3) is 5.91 Å². The smallest absolute Gasteiger partial charge is 0.324 e. The number of nitrogens with zero attached hydrogens (tertiary/aromatic N) is 5. The Hall–Kier alpha value is -3.70. The Kier molecular flexibility index (Phi) is 7.37. The Balaban J connectivity index is 1.50. The summed E-state index contributed by atoms with van der Waals surface area (Å²) in [5.41, 5.74) is 0.673. The molecular formula is C21H26N8O7S. The number of likely N-dealkylation sites (N-methyl/N-ethyl adjacent to an activating group) is 1. The monoisotopic (exact) mass is 534 g/mol. The summed E-state index contributed by atoms with van der Waals surface area (Å²) < 4.78 is 32.4. The SMILES string of the molecule is CCNC(=O)[C@H]1O[C@@H](n2cnc3c(NC(=O)Nc4ccc(S(=O)(=O)N(C)C)cc4)ncnc32)C(O)C1O. The van der Waals surface area contributed by atoms with Gasteiger partial charge in [-0.1, -0.05) is 0 Å². The van der Waals surface area contributed by atoms with Crippen LogP contribution in [-0.2, 0) is 19.6 Å². The standard InChI is InChI=1S/C21H26N8O7S/c1-4-22-19(32)16-14(30)15(31)20(36-16)29-10-25-13-17(23-9-24-18(13)29)27-21(33)26-11-5-7-12(8-6-11)37(34,35)28(2)3/h5-10,14-16,20,30-31H,4H2,1-3H3,(H,22,32)(H2,23,24,26,27,33)/t14?,15?,16-,20+/m0/s1. The van der Waals surface area contributed by atoms with Crippen molar-refractivity contribution < 1.29 is 33.0 Å². The van der Waals surface area contributed by atoms with Crippen molar-refractivity contribution in [2.75, 3.05) is 31.3 Å². The number of hydrogen-bond acceptors (Lipinski definition) is 10. The number of amides is 3. The lowest BCUT2D eigenvalue weighted by Gasteiger charge is -2.16. The van der Waals surface area contributed by atoms with Gasteiger partial charge in [0, 0.05) is 26.3 Å². The van der Waals surface area contributed by atoms with E-state index in [1.165, 1.54) is 49.3 Å². The summed E-state index contributed by atoms with van der Waals surface area (Å²) in [7, 11) is -0.770. The van der Waals surface area contributed by atoms with Crippen molar-refractivity contribution in [1.29, 1.82) is 0 Å². The molecule has 198 valence electrons. The number of aliphatic hydroxyl groups excluding tert-OH is 2. The quantitative estimate of drug-likeness (QED) is 0.262. The fourth-order valence-electron chi connectivity index (χ4n) is 3.70. The summed E-state index contributed by atoms with van der Waals surface area (Å²) >= 11 is 0. The van der Waals surface area contributed by atoms with Crippen LogP contribution in [0.5, 0.6) is 0 Å². The van der Waals surface area contributed by atoms with Crippen molar-refractivity contribution >= 4 is 44.6 Å². The molecule has 1 saturated heterocycles. The van der Waals surface area contributed by atoms with Gasteiger partial charge < -0.3 is 25.6 Å². The van der Waals surface area contributed by atoms with Gasteiger partial charge in [0.2, 0.25) is 10.0 Å². The zero-order valence-corrected chi connectivity index (χ0v) is 20.9. The fourth-order valence-corrected chi connectivity index (χ4v) is 4.60. The van der Waals surface area contributed by atoms with Crippen LogP contribution >= 0.6 is 0 Å². The van der Waals surface area contributed by atoms with Gasteiger partial charge in [0.1, 0.15) is 18.5 Å². The number of hydrogen-bond donors (Lipinski definition) is 5. The van der Waals surface area contributed by atoms with Crippen LogP contribution < -0.4 is 16.0 Å². The van der Waals surface area contributed by atoms with Crippen molar-refractivity contribution in [1.82, 2.24) is 29.1 Å². The number of aliphatic hydroxyl groups is 2. The average Bonchev–Trinajstić information content (AvgIpc) is 3.41. The summed E-state index contributed by atoms with van der Waals surface area (Å²) in [5, 5.41) is 28.4. The van der Waals surface area contributed by atoms with E-state index in [-0.39, 0.29) is 21.9 Å². The number of carbonyl (C=O) groups excluding carboxylic acids is 2. The van der Waals surface area contributed by atoms with E-state index in [1.54, 1.807) is 6.92 Å². The van der Waals surface area contributed by atoms with Gasteiger partial charge in [0.05, 0.1) is 11.2 Å². The van der Waals surface area contributed by atoms with Crippen LogP contribution in [0, 0.1) is 0 Å². The highest BCUT2D eigenvalue weighted by Crippen LogP contribution is 2.32. The first kappa shape index (κ1) is 26.4. The molecule has 0 spiro atoms. The highest BCUT2D eigenvalue weighted by molar-refractivity contribution is 7.89. The Morgan fingerprint density at radius 2 is 1.78 bits per heavy atom. The maximum atomic E-state index is 12.6. The van der Waals surface area contributed by atoms with E-state index in [4.69, 9.17) is 4.74 Å². The molecule has 15 nitrogen and oxygen atoms in total. The van der Waals surface area contributed by atoms with Crippen LogP contribution in [-0.4, -0.2) is 93.3 Å². The number of benzene rings is 1. The lowest BCUT2D eigenvalue weighted by Crippen LogP contribution is -2.42. The second-order valence-electron chi connectivity index (χ2n) is 8.26. The largest absolute Gasteiger partial charge is 0.387 e. The second-order valence-corrected chi connectivity index (χ2v) is 10.4. The third-order valence-electron chi connectivity index (χ3n) is 5.60. The average molecular weight is 535 g/mol. The lowest BCUT2D eigenvalue weighted by molar-refractivity contribution is -0.137. The van der Waals surface area contributed by atoms with Crippen LogP contribution in [0.25, 0.3) is 11.2 Å². The first-order valence-corrected chi connectivity index (χ1v) is 12.6. The van der Waals surface area contributed by atoms with Crippen molar-refractivity contribution in [3.05, 3.63) is 36.9 Å². The van der Waals surface area contributed by atoms with Gasteiger partial charge in [-0.05, 0) is 31.2 Å². The third kappa shape index (κ3) is 5.09. The molecule has 3 aromatic rings. The maximum absolute atomic E-state index is 12.6. The zero-order chi connectivity index (χ0) is 26.9. The topological polar surface area (TPSA) is 201 Å². The number of imidazole rings is 1. The molecule has 1 aromatic carbocycles. The summed E-state index contributed by atoms with van der Waals surface area (Å²) in [6.07, 6.45) is -2.93. The number of fused-ring (bicyclic) bond motifs is 1. The number of ether oxygens (including phenoxy) is 1. The molecule has 37 heavy (non-hydrogen) atoms.